The molecule has 0 radical (unpaired) electrons. The molecule has 2 N–H and O–H groups in total. The minimum atomic E-state index is -0.546. The zero-order valence-corrected chi connectivity index (χ0v) is 12.7. The van der Waals surface area contributed by atoms with Crippen LogP contribution in [-0.2, 0) is 11.3 Å². The first-order chi connectivity index (χ1) is 8.78. The topological polar surface area (TPSA) is 41.5 Å². The smallest absolute Gasteiger partial charge is 0.0937 e. The van der Waals surface area contributed by atoms with Crippen LogP contribution >= 0.6 is 0 Å². The average molecular weight is 265 g/mol. The molecule has 0 saturated carbocycles. The van der Waals surface area contributed by atoms with Crippen molar-refractivity contribution in [3.8, 4) is 0 Å². The van der Waals surface area contributed by atoms with Gasteiger partial charge in [0.15, 0.2) is 0 Å². The van der Waals surface area contributed by atoms with Gasteiger partial charge in [0.05, 0.1) is 18.2 Å². The highest BCUT2D eigenvalue weighted by molar-refractivity contribution is 5.24. The lowest BCUT2D eigenvalue weighted by atomic mass is 10.0. The van der Waals surface area contributed by atoms with Gasteiger partial charge in [0.2, 0.25) is 0 Å². The molecule has 1 rings (SSSR count). The highest BCUT2D eigenvalue weighted by Crippen LogP contribution is 2.15. The van der Waals surface area contributed by atoms with Crippen molar-refractivity contribution in [3.05, 3.63) is 35.4 Å². The van der Waals surface area contributed by atoms with Crippen LogP contribution in [0.1, 0.15) is 51.8 Å². The predicted octanol–water partition coefficient (Wildman–Crippen LogP) is 3.24. The maximum Gasteiger partial charge on any atom is 0.0937 e. The molecule has 0 fully saturated rings. The summed E-state index contributed by atoms with van der Waals surface area (Å²) in [6.45, 7) is 10.7. The summed E-state index contributed by atoms with van der Waals surface area (Å²) in [5, 5.41) is 10.0. The molecular formula is C16H27NO2. The molecule has 0 spiro atoms. The Labute approximate surface area is 116 Å². The number of hydrogen-bond donors (Lipinski definition) is 2. The van der Waals surface area contributed by atoms with E-state index in [1.807, 2.05) is 32.9 Å². The molecule has 1 atom stereocenters. The Bertz CT molecular complexity index is 365. The summed E-state index contributed by atoms with van der Waals surface area (Å²) in [5.41, 5.74) is 4.80. The normalized spacial score (nSPS) is 13.8. The molecule has 0 amide bonds. The standard InChI is InChI=1S/C16H27NO2/c1-12(2)10-13-6-8-14(9-7-13)15(18)11-17-19-16(3,4)5/h6-9,12,15,17-18H,10-11H2,1-5H3. The van der Waals surface area contributed by atoms with E-state index < -0.39 is 6.10 Å². The summed E-state index contributed by atoms with van der Waals surface area (Å²) in [4.78, 5) is 5.39. The van der Waals surface area contributed by atoms with Gasteiger partial charge < -0.3 is 5.11 Å². The van der Waals surface area contributed by atoms with E-state index in [0.717, 1.165) is 12.0 Å². The lowest BCUT2D eigenvalue weighted by molar-refractivity contribution is -0.0834. The van der Waals surface area contributed by atoms with Gasteiger partial charge in [-0.3, -0.25) is 4.84 Å². The SMILES string of the molecule is CC(C)Cc1ccc(C(O)CNOC(C)(C)C)cc1. The van der Waals surface area contributed by atoms with Crippen molar-refractivity contribution in [2.24, 2.45) is 5.92 Å². The van der Waals surface area contributed by atoms with Crippen molar-refractivity contribution in [2.75, 3.05) is 6.54 Å². The molecule has 0 heterocycles. The highest BCUT2D eigenvalue weighted by Gasteiger charge is 2.12. The molecule has 1 aromatic carbocycles. The van der Waals surface area contributed by atoms with Gasteiger partial charge in [-0.25, -0.2) is 0 Å². The number of benzene rings is 1. The summed E-state index contributed by atoms with van der Waals surface area (Å²) < 4.78 is 0. The minimum Gasteiger partial charge on any atom is -0.387 e. The van der Waals surface area contributed by atoms with Gasteiger partial charge >= 0.3 is 0 Å². The molecule has 19 heavy (non-hydrogen) atoms. The number of hydroxylamine groups is 1. The highest BCUT2D eigenvalue weighted by atomic mass is 16.7. The second kappa shape index (κ2) is 7.04. The molecule has 0 aliphatic heterocycles. The van der Waals surface area contributed by atoms with Gasteiger partial charge in [0.1, 0.15) is 0 Å². The molecule has 0 bridgehead atoms. The van der Waals surface area contributed by atoms with E-state index in [1.165, 1.54) is 5.56 Å². The minimum absolute atomic E-state index is 0.249. The largest absolute Gasteiger partial charge is 0.387 e. The Hall–Kier alpha value is -0.900. The number of rotatable bonds is 6. The van der Waals surface area contributed by atoms with Crippen molar-refractivity contribution in [3.63, 3.8) is 0 Å². The van der Waals surface area contributed by atoms with E-state index in [2.05, 4.69) is 31.5 Å². The van der Waals surface area contributed by atoms with Crippen molar-refractivity contribution >= 4 is 0 Å². The van der Waals surface area contributed by atoms with E-state index in [1.54, 1.807) is 0 Å². The number of aliphatic hydroxyl groups excluding tert-OH is 1. The fourth-order valence-corrected chi connectivity index (χ4v) is 1.80. The maximum absolute atomic E-state index is 10.0. The third-order valence-corrected chi connectivity index (χ3v) is 2.66. The first kappa shape index (κ1) is 16.2. The van der Waals surface area contributed by atoms with E-state index in [0.29, 0.717) is 12.5 Å². The molecule has 0 aromatic heterocycles. The summed E-state index contributed by atoms with van der Waals surface area (Å²) in [6.07, 6.45) is 0.525. The summed E-state index contributed by atoms with van der Waals surface area (Å²) >= 11 is 0. The number of aliphatic hydroxyl groups is 1. The molecule has 108 valence electrons. The second-order valence-corrected chi connectivity index (χ2v) is 6.42. The monoisotopic (exact) mass is 265 g/mol. The zero-order chi connectivity index (χ0) is 14.5. The van der Waals surface area contributed by atoms with E-state index in [9.17, 15) is 5.11 Å². The van der Waals surface area contributed by atoms with E-state index in [4.69, 9.17) is 4.84 Å². The molecule has 0 aliphatic rings. The Balaban J connectivity index is 2.46. The van der Waals surface area contributed by atoms with Crippen molar-refractivity contribution in [2.45, 2.75) is 52.7 Å². The molecular weight excluding hydrogens is 238 g/mol. The van der Waals surface area contributed by atoms with Crippen LogP contribution in [0.3, 0.4) is 0 Å². The Kier molecular flexibility index (Phi) is 5.98. The van der Waals surface area contributed by atoms with Gasteiger partial charge in [-0.15, -0.1) is 0 Å². The van der Waals surface area contributed by atoms with E-state index >= 15 is 0 Å². The Morgan fingerprint density at radius 1 is 1.16 bits per heavy atom. The lowest BCUT2D eigenvalue weighted by Gasteiger charge is -2.21. The summed E-state index contributed by atoms with van der Waals surface area (Å²) in [5.74, 6) is 0.651. The zero-order valence-electron chi connectivity index (χ0n) is 12.7. The average Bonchev–Trinajstić information content (AvgIpc) is 2.27. The Morgan fingerprint density at radius 3 is 2.21 bits per heavy atom. The van der Waals surface area contributed by atoms with Gasteiger partial charge in [-0.2, -0.15) is 5.48 Å². The van der Waals surface area contributed by atoms with Gasteiger partial charge in [-0.1, -0.05) is 38.1 Å². The second-order valence-electron chi connectivity index (χ2n) is 6.42. The van der Waals surface area contributed by atoms with E-state index in [-0.39, 0.29) is 5.60 Å². The first-order valence-electron chi connectivity index (χ1n) is 6.95. The van der Waals surface area contributed by atoms with Gasteiger partial charge in [0.25, 0.3) is 0 Å². The van der Waals surface area contributed by atoms with Crippen LogP contribution in [0.15, 0.2) is 24.3 Å². The van der Waals surface area contributed by atoms with Crippen LogP contribution in [0.25, 0.3) is 0 Å². The quantitative estimate of drug-likeness (QED) is 0.776. The molecule has 0 aliphatic carbocycles. The molecule has 3 nitrogen and oxygen atoms in total. The van der Waals surface area contributed by atoms with Crippen LogP contribution in [0.4, 0.5) is 0 Å². The fraction of sp³-hybridized carbons (Fsp3) is 0.625. The molecule has 1 unspecified atom stereocenters. The lowest BCUT2D eigenvalue weighted by Crippen LogP contribution is -2.31. The van der Waals surface area contributed by atoms with Crippen molar-refractivity contribution in [1.29, 1.82) is 0 Å². The van der Waals surface area contributed by atoms with Crippen LogP contribution in [0.2, 0.25) is 0 Å². The Morgan fingerprint density at radius 2 is 1.74 bits per heavy atom. The van der Waals surface area contributed by atoms with Gasteiger partial charge in [0, 0.05) is 0 Å². The number of hydrogen-bond acceptors (Lipinski definition) is 3. The van der Waals surface area contributed by atoms with Gasteiger partial charge in [-0.05, 0) is 44.2 Å². The van der Waals surface area contributed by atoms with Crippen LogP contribution in [-0.4, -0.2) is 17.3 Å². The van der Waals surface area contributed by atoms with Crippen LogP contribution in [0.5, 0.6) is 0 Å². The molecule has 1 aromatic rings. The first-order valence-corrected chi connectivity index (χ1v) is 6.95. The molecule has 3 heteroatoms. The third-order valence-electron chi connectivity index (χ3n) is 2.66. The van der Waals surface area contributed by atoms with Crippen molar-refractivity contribution < 1.29 is 9.94 Å². The summed E-state index contributed by atoms with van der Waals surface area (Å²) in [6, 6.07) is 8.15. The summed E-state index contributed by atoms with van der Waals surface area (Å²) in [7, 11) is 0. The fourth-order valence-electron chi connectivity index (χ4n) is 1.80. The number of nitrogens with one attached hydrogen (secondary N) is 1. The maximum atomic E-state index is 10.0. The third kappa shape index (κ3) is 6.71. The molecule has 0 saturated heterocycles. The van der Waals surface area contributed by atoms with Crippen LogP contribution in [0, 0.1) is 5.92 Å². The predicted molar refractivity (Wildman–Crippen MR) is 78.8 cm³/mol. The van der Waals surface area contributed by atoms with Crippen molar-refractivity contribution in [1.82, 2.24) is 5.48 Å². The van der Waals surface area contributed by atoms with Crippen LogP contribution < -0.4 is 5.48 Å².